The minimum atomic E-state index is -0.627. The standard InChI is InChI=1S/C11H11ClFN3O2/c1-17-7-3-5(12)10(13)9(11(7)18-2)6-4-8(14)16-15-6/h3-4H,1-2H3,(H3,14,15,16). The number of nitrogens with two attached hydrogens (primary N) is 1. The third-order valence-corrected chi connectivity index (χ3v) is 2.70. The predicted octanol–water partition coefficient (Wildman–Crippen LogP) is 2.47. The SMILES string of the molecule is COc1cc(Cl)c(F)c(-c2cc(N)n[nH]2)c1OC. The number of benzene rings is 1. The zero-order valence-corrected chi connectivity index (χ0v) is 10.5. The topological polar surface area (TPSA) is 73.2 Å². The molecule has 2 aromatic rings. The van der Waals surface area contributed by atoms with E-state index in [1.54, 1.807) is 0 Å². The maximum absolute atomic E-state index is 14.1. The van der Waals surface area contributed by atoms with E-state index < -0.39 is 5.82 Å². The van der Waals surface area contributed by atoms with Crippen molar-refractivity contribution in [2.24, 2.45) is 0 Å². The summed E-state index contributed by atoms with van der Waals surface area (Å²) < 4.78 is 24.4. The number of ether oxygens (including phenoxy) is 2. The number of nitrogen functional groups attached to an aromatic ring is 1. The molecule has 0 saturated carbocycles. The molecular weight excluding hydrogens is 261 g/mol. The zero-order valence-electron chi connectivity index (χ0n) is 9.75. The van der Waals surface area contributed by atoms with Crippen LogP contribution in [0.5, 0.6) is 11.5 Å². The number of nitrogens with zero attached hydrogens (tertiary/aromatic N) is 1. The number of methoxy groups -OCH3 is 2. The van der Waals surface area contributed by atoms with Crippen molar-refractivity contribution in [3.05, 3.63) is 23.0 Å². The van der Waals surface area contributed by atoms with Crippen LogP contribution < -0.4 is 15.2 Å². The normalized spacial score (nSPS) is 10.4. The molecule has 18 heavy (non-hydrogen) atoms. The Bertz CT molecular complexity index is 586. The molecule has 0 amide bonds. The van der Waals surface area contributed by atoms with Gasteiger partial charge in [0.25, 0.3) is 0 Å². The molecule has 0 unspecified atom stereocenters. The number of hydrogen-bond acceptors (Lipinski definition) is 4. The van der Waals surface area contributed by atoms with Crippen LogP contribution in [0.15, 0.2) is 12.1 Å². The number of H-pyrrole nitrogens is 1. The van der Waals surface area contributed by atoms with E-state index in [9.17, 15) is 4.39 Å². The minimum absolute atomic E-state index is 0.0733. The lowest BCUT2D eigenvalue weighted by Crippen LogP contribution is -1.97. The van der Waals surface area contributed by atoms with Crippen LogP contribution in [-0.2, 0) is 0 Å². The highest BCUT2D eigenvalue weighted by Gasteiger charge is 2.21. The second kappa shape index (κ2) is 4.73. The van der Waals surface area contributed by atoms with Crippen molar-refractivity contribution in [3.8, 4) is 22.8 Å². The molecule has 0 saturated heterocycles. The van der Waals surface area contributed by atoms with Crippen molar-refractivity contribution in [2.75, 3.05) is 20.0 Å². The Labute approximate surface area is 108 Å². The molecule has 5 nitrogen and oxygen atoms in total. The highest BCUT2D eigenvalue weighted by atomic mass is 35.5. The third kappa shape index (κ3) is 1.95. The van der Waals surface area contributed by atoms with Gasteiger partial charge in [0.15, 0.2) is 17.3 Å². The van der Waals surface area contributed by atoms with E-state index in [2.05, 4.69) is 10.2 Å². The van der Waals surface area contributed by atoms with Gasteiger partial charge in [-0.1, -0.05) is 11.6 Å². The van der Waals surface area contributed by atoms with Gasteiger partial charge < -0.3 is 15.2 Å². The minimum Gasteiger partial charge on any atom is -0.493 e. The summed E-state index contributed by atoms with van der Waals surface area (Å²) in [7, 11) is 2.85. The summed E-state index contributed by atoms with van der Waals surface area (Å²) >= 11 is 5.81. The molecule has 7 heteroatoms. The summed E-state index contributed by atoms with van der Waals surface area (Å²) in [6.07, 6.45) is 0. The molecule has 0 aliphatic carbocycles. The van der Waals surface area contributed by atoms with Gasteiger partial charge in [0.2, 0.25) is 0 Å². The molecule has 2 rings (SSSR count). The summed E-state index contributed by atoms with van der Waals surface area (Å²) in [5.74, 6) is 0.165. The maximum Gasteiger partial charge on any atom is 0.173 e. The highest BCUT2D eigenvalue weighted by Crippen LogP contribution is 2.42. The van der Waals surface area contributed by atoms with Crippen LogP contribution in [0.3, 0.4) is 0 Å². The first-order valence-corrected chi connectivity index (χ1v) is 5.37. The molecule has 0 aliphatic rings. The molecule has 1 aromatic heterocycles. The smallest absolute Gasteiger partial charge is 0.173 e. The van der Waals surface area contributed by atoms with Crippen molar-refractivity contribution in [1.29, 1.82) is 0 Å². The van der Waals surface area contributed by atoms with Gasteiger partial charge in [0.05, 0.1) is 30.5 Å². The van der Waals surface area contributed by atoms with Crippen LogP contribution >= 0.6 is 11.6 Å². The summed E-state index contributed by atoms with van der Waals surface area (Å²) in [5.41, 5.74) is 5.99. The van der Waals surface area contributed by atoms with Crippen molar-refractivity contribution >= 4 is 17.4 Å². The van der Waals surface area contributed by atoms with Crippen LogP contribution in [0.4, 0.5) is 10.2 Å². The van der Waals surface area contributed by atoms with Crippen LogP contribution in [0.2, 0.25) is 5.02 Å². The van der Waals surface area contributed by atoms with E-state index in [0.29, 0.717) is 11.4 Å². The Hall–Kier alpha value is -1.95. The molecule has 1 heterocycles. The van der Waals surface area contributed by atoms with E-state index in [0.717, 1.165) is 0 Å². The quantitative estimate of drug-likeness (QED) is 0.899. The second-order valence-corrected chi connectivity index (χ2v) is 3.90. The van der Waals surface area contributed by atoms with Crippen LogP contribution in [-0.4, -0.2) is 24.4 Å². The van der Waals surface area contributed by atoms with Crippen molar-refractivity contribution in [1.82, 2.24) is 10.2 Å². The van der Waals surface area contributed by atoms with Gasteiger partial charge in [0, 0.05) is 12.1 Å². The van der Waals surface area contributed by atoms with Gasteiger partial charge in [-0.2, -0.15) is 5.10 Å². The number of halogens is 2. The molecule has 96 valence electrons. The van der Waals surface area contributed by atoms with Crippen LogP contribution in [0, 0.1) is 5.82 Å². The summed E-state index contributed by atoms with van der Waals surface area (Å²) in [5, 5.41) is 6.27. The Balaban J connectivity index is 2.74. The first-order valence-electron chi connectivity index (χ1n) is 4.99. The van der Waals surface area contributed by atoms with Gasteiger partial charge in [-0.15, -0.1) is 0 Å². The number of aromatic amines is 1. The lowest BCUT2D eigenvalue weighted by atomic mass is 10.1. The van der Waals surface area contributed by atoms with Crippen molar-refractivity contribution in [2.45, 2.75) is 0 Å². The number of rotatable bonds is 3. The van der Waals surface area contributed by atoms with Crippen LogP contribution in [0.25, 0.3) is 11.3 Å². The average molecular weight is 272 g/mol. The number of aromatic nitrogens is 2. The largest absolute Gasteiger partial charge is 0.493 e. The fourth-order valence-electron chi connectivity index (χ4n) is 1.65. The van der Waals surface area contributed by atoms with Gasteiger partial charge in [-0.25, -0.2) is 4.39 Å². The molecule has 0 aliphatic heterocycles. The van der Waals surface area contributed by atoms with Gasteiger partial charge in [-0.3, -0.25) is 5.10 Å². The number of nitrogens with one attached hydrogen (secondary N) is 1. The van der Waals surface area contributed by atoms with E-state index in [1.165, 1.54) is 26.4 Å². The average Bonchev–Trinajstić information content (AvgIpc) is 2.78. The molecule has 0 atom stereocenters. The Kier molecular flexibility index (Phi) is 3.29. The van der Waals surface area contributed by atoms with E-state index >= 15 is 0 Å². The van der Waals surface area contributed by atoms with Gasteiger partial charge in [0.1, 0.15) is 5.82 Å². The molecule has 0 spiro atoms. The van der Waals surface area contributed by atoms with E-state index in [4.69, 9.17) is 26.8 Å². The highest BCUT2D eigenvalue weighted by molar-refractivity contribution is 6.31. The molecule has 1 aromatic carbocycles. The summed E-state index contributed by atoms with van der Waals surface area (Å²) in [6, 6.07) is 2.83. The molecule has 0 bridgehead atoms. The first kappa shape index (κ1) is 12.5. The zero-order chi connectivity index (χ0) is 13.3. The van der Waals surface area contributed by atoms with E-state index in [1.807, 2.05) is 0 Å². The monoisotopic (exact) mass is 271 g/mol. The Morgan fingerprint density at radius 1 is 1.33 bits per heavy atom. The fraction of sp³-hybridized carbons (Fsp3) is 0.182. The first-order chi connectivity index (χ1) is 8.58. The third-order valence-electron chi connectivity index (χ3n) is 2.43. The van der Waals surface area contributed by atoms with Gasteiger partial charge in [-0.05, 0) is 0 Å². The fourth-order valence-corrected chi connectivity index (χ4v) is 1.84. The van der Waals surface area contributed by atoms with E-state index in [-0.39, 0.29) is 22.2 Å². The Morgan fingerprint density at radius 2 is 2.06 bits per heavy atom. The second-order valence-electron chi connectivity index (χ2n) is 3.49. The lowest BCUT2D eigenvalue weighted by molar-refractivity contribution is 0.354. The Morgan fingerprint density at radius 3 is 2.56 bits per heavy atom. The summed E-state index contributed by atoms with van der Waals surface area (Å²) in [6.45, 7) is 0. The number of hydrogen-bond donors (Lipinski definition) is 2. The molecule has 0 radical (unpaired) electrons. The van der Waals surface area contributed by atoms with Gasteiger partial charge >= 0.3 is 0 Å². The molecule has 0 fully saturated rings. The lowest BCUT2D eigenvalue weighted by Gasteiger charge is -2.13. The van der Waals surface area contributed by atoms with Crippen molar-refractivity contribution < 1.29 is 13.9 Å². The molecule has 3 N–H and O–H groups in total. The molecular formula is C11H11ClFN3O2. The number of anilines is 1. The van der Waals surface area contributed by atoms with Crippen molar-refractivity contribution in [3.63, 3.8) is 0 Å². The summed E-state index contributed by atoms with van der Waals surface area (Å²) in [4.78, 5) is 0. The van der Waals surface area contributed by atoms with Crippen LogP contribution in [0.1, 0.15) is 0 Å². The maximum atomic E-state index is 14.1. The predicted molar refractivity (Wildman–Crippen MR) is 66.5 cm³/mol.